The molecule has 0 aromatic carbocycles. The molecule has 0 amide bonds. The van der Waals surface area contributed by atoms with Crippen LogP contribution in [0.3, 0.4) is 0 Å². The molecule has 0 fully saturated rings. The van der Waals surface area contributed by atoms with Gasteiger partial charge in [0.2, 0.25) is 0 Å². The lowest BCUT2D eigenvalue weighted by Crippen LogP contribution is -2.06. The Morgan fingerprint density at radius 1 is 1.41 bits per heavy atom. The van der Waals surface area contributed by atoms with Crippen LogP contribution < -0.4 is 5.32 Å². The van der Waals surface area contributed by atoms with Crippen molar-refractivity contribution >= 4 is 11.5 Å². The third-order valence-corrected chi connectivity index (χ3v) is 2.32. The fraction of sp³-hybridized carbons (Fsp3) is 0.182. The second-order valence-corrected chi connectivity index (χ2v) is 3.53. The number of nitrogens with zero attached hydrogens (tertiary/aromatic N) is 2. The van der Waals surface area contributed by atoms with E-state index in [-0.39, 0.29) is 5.69 Å². The molecule has 17 heavy (non-hydrogen) atoms. The fourth-order valence-electron chi connectivity index (χ4n) is 1.45. The van der Waals surface area contributed by atoms with E-state index in [1.165, 1.54) is 12.3 Å². The minimum Gasteiger partial charge on any atom is -0.370 e. The average molecular weight is 232 g/mol. The molecular formula is C11H12N4O2. The van der Waals surface area contributed by atoms with Crippen molar-refractivity contribution in [2.24, 2.45) is 0 Å². The molecule has 0 atom stereocenters. The van der Waals surface area contributed by atoms with Gasteiger partial charge in [0.15, 0.2) is 0 Å². The quantitative estimate of drug-likeness (QED) is 0.609. The zero-order chi connectivity index (χ0) is 12.1. The van der Waals surface area contributed by atoms with Crippen LogP contribution >= 0.6 is 0 Å². The molecule has 0 aliphatic heterocycles. The number of hydrogen-bond acceptors (Lipinski definition) is 4. The molecule has 2 aromatic rings. The van der Waals surface area contributed by atoms with Gasteiger partial charge < -0.3 is 10.3 Å². The summed E-state index contributed by atoms with van der Waals surface area (Å²) in [6.45, 7) is 0.728. The lowest BCUT2D eigenvalue weighted by Gasteiger charge is -2.03. The first-order valence-electron chi connectivity index (χ1n) is 5.22. The molecule has 0 radical (unpaired) electrons. The van der Waals surface area contributed by atoms with E-state index < -0.39 is 4.92 Å². The SMILES string of the molecule is O=[N+]([O-])c1ccc(NCCc2ccc[nH]2)nc1. The van der Waals surface area contributed by atoms with Gasteiger partial charge in [0.25, 0.3) is 5.69 Å². The van der Waals surface area contributed by atoms with Crippen LogP contribution in [-0.4, -0.2) is 21.4 Å². The first kappa shape index (κ1) is 11.1. The Morgan fingerprint density at radius 2 is 2.29 bits per heavy atom. The van der Waals surface area contributed by atoms with Crippen molar-refractivity contribution in [2.45, 2.75) is 6.42 Å². The topological polar surface area (TPSA) is 83.9 Å². The average Bonchev–Trinajstić information content (AvgIpc) is 2.83. The van der Waals surface area contributed by atoms with Crippen molar-refractivity contribution in [2.75, 3.05) is 11.9 Å². The van der Waals surface area contributed by atoms with E-state index in [0.29, 0.717) is 5.82 Å². The largest absolute Gasteiger partial charge is 0.370 e. The summed E-state index contributed by atoms with van der Waals surface area (Å²) in [6, 6.07) is 6.99. The summed E-state index contributed by atoms with van der Waals surface area (Å²) < 4.78 is 0. The highest BCUT2D eigenvalue weighted by molar-refractivity contribution is 5.40. The first-order valence-corrected chi connectivity index (χ1v) is 5.22. The molecule has 0 bridgehead atoms. The maximum atomic E-state index is 10.4. The number of rotatable bonds is 5. The molecule has 0 aliphatic rings. The van der Waals surface area contributed by atoms with E-state index in [1.807, 2.05) is 18.3 Å². The number of H-pyrrole nitrogens is 1. The second-order valence-electron chi connectivity index (χ2n) is 3.53. The van der Waals surface area contributed by atoms with Crippen LogP contribution in [0.2, 0.25) is 0 Å². The molecule has 6 nitrogen and oxygen atoms in total. The number of aromatic nitrogens is 2. The standard InChI is InChI=1S/C11H12N4O2/c16-15(17)10-3-4-11(14-8-10)13-7-5-9-2-1-6-12-9/h1-4,6,8,12H,5,7H2,(H,13,14). The lowest BCUT2D eigenvalue weighted by molar-refractivity contribution is -0.385. The lowest BCUT2D eigenvalue weighted by atomic mass is 10.3. The highest BCUT2D eigenvalue weighted by Gasteiger charge is 2.04. The van der Waals surface area contributed by atoms with Gasteiger partial charge in [0.1, 0.15) is 12.0 Å². The molecule has 0 saturated carbocycles. The number of pyridine rings is 1. The number of nitro groups is 1. The van der Waals surface area contributed by atoms with E-state index in [2.05, 4.69) is 15.3 Å². The van der Waals surface area contributed by atoms with Gasteiger partial charge in [-0.05, 0) is 18.2 Å². The predicted octanol–water partition coefficient (Wildman–Crippen LogP) is 1.97. The number of anilines is 1. The van der Waals surface area contributed by atoms with Gasteiger partial charge in [-0.2, -0.15) is 0 Å². The summed E-state index contributed by atoms with van der Waals surface area (Å²) in [6.07, 6.45) is 3.97. The second kappa shape index (κ2) is 5.11. The smallest absolute Gasteiger partial charge is 0.287 e. The minimum atomic E-state index is -0.463. The van der Waals surface area contributed by atoms with Gasteiger partial charge >= 0.3 is 0 Å². The Balaban J connectivity index is 1.85. The summed E-state index contributed by atoms with van der Waals surface area (Å²) in [5.74, 6) is 0.641. The van der Waals surface area contributed by atoms with Gasteiger partial charge in [-0.25, -0.2) is 4.98 Å². The molecule has 2 aromatic heterocycles. The van der Waals surface area contributed by atoms with Gasteiger partial charge in [-0.3, -0.25) is 10.1 Å². The molecule has 88 valence electrons. The van der Waals surface area contributed by atoms with E-state index in [1.54, 1.807) is 6.07 Å². The van der Waals surface area contributed by atoms with Crippen LogP contribution in [0, 0.1) is 10.1 Å². The van der Waals surface area contributed by atoms with Crippen molar-refractivity contribution in [3.05, 3.63) is 52.5 Å². The van der Waals surface area contributed by atoms with Crippen LogP contribution in [0.25, 0.3) is 0 Å². The minimum absolute atomic E-state index is 0.0000760. The van der Waals surface area contributed by atoms with Crippen molar-refractivity contribution in [1.82, 2.24) is 9.97 Å². The van der Waals surface area contributed by atoms with Gasteiger partial charge in [0.05, 0.1) is 4.92 Å². The molecule has 2 rings (SSSR count). The highest BCUT2D eigenvalue weighted by Crippen LogP contribution is 2.11. The van der Waals surface area contributed by atoms with Crippen LogP contribution in [0.5, 0.6) is 0 Å². The zero-order valence-electron chi connectivity index (χ0n) is 9.09. The molecule has 0 aliphatic carbocycles. The van der Waals surface area contributed by atoms with E-state index >= 15 is 0 Å². The number of hydrogen-bond donors (Lipinski definition) is 2. The molecule has 6 heteroatoms. The van der Waals surface area contributed by atoms with Crippen molar-refractivity contribution in [1.29, 1.82) is 0 Å². The Labute approximate surface area is 97.9 Å². The Bertz CT molecular complexity index is 479. The molecule has 0 spiro atoms. The van der Waals surface area contributed by atoms with Crippen LogP contribution in [0.1, 0.15) is 5.69 Å². The Morgan fingerprint density at radius 3 is 2.88 bits per heavy atom. The summed E-state index contributed by atoms with van der Waals surface area (Å²) >= 11 is 0. The van der Waals surface area contributed by atoms with Gasteiger partial charge in [0, 0.05) is 30.9 Å². The maximum absolute atomic E-state index is 10.4. The fourth-order valence-corrected chi connectivity index (χ4v) is 1.45. The van der Waals surface area contributed by atoms with Crippen molar-refractivity contribution in [3.8, 4) is 0 Å². The van der Waals surface area contributed by atoms with Crippen LogP contribution in [0.4, 0.5) is 11.5 Å². The third-order valence-electron chi connectivity index (χ3n) is 2.32. The monoisotopic (exact) mass is 232 g/mol. The van der Waals surface area contributed by atoms with E-state index in [0.717, 1.165) is 18.7 Å². The number of nitrogens with one attached hydrogen (secondary N) is 2. The van der Waals surface area contributed by atoms with Gasteiger partial charge in [-0.15, -0.1) is 0 Å². The summed E-state index contributed by atoms with van der Waals surface area (Å²) in [5.41, 5.74) is 1.14. The summed E-state index contributed by atoms with van der Waals surface area (Å²) in [4.78, 5) is 17.0. The highest BCUT2D eigenvalue weighted by atomic mass is 16.6. The van der Waals surface area contributed by atoms with Crippen LogP contribution in [0.15, 0.2) is 36.7 Å². The zero-order valence-corrected chi connectivity index (χ0v) is 9.09. The third kappa shape index (κ3) is 3.04. The molecule has 0 saturated heterocycles. The molecule has 2 heterocycles. The van der Waals surface area contributed by atoms with Gasteiger partial charge in [-0.1, -0.05) is 0 Å². The van der Waals surface area contributed by atoms with Crippen molar-refractivity contribution < 1.29 is 4.92 Å². The summed E-state index contributed by atoms with van der Waals surface area (Å²) in [5, 5.41) is 13.5. The number of aromatic amines is 1. The first-order chi connectivity index (χ1) is 8.25. The van der Waals surface area contributed by atoms with Crippen LogP contribution in [-0.2, 0) is 6.42 Å². The Kier molecular flexibility index (Phi) is 3.34. The molecule has 0 unspecified atom stereocenters. The Hall–Kier alpha value is -2.37. The molecule has 2 N–H and O–H groups in total. The summed E-state index contributed by atoms with van der Waals surface area (Å²) in [7, 11) is 0. The normalized spacial score (nSPS) is 10.1. The predicted molar refractivity (Wildman–Crippen MR) is 63.9 cm³/mol. The van der Waals surface area contributed by atoms with Crippen molar-refractivity contribution in [3.63, 3.8) is 0 Å². The molecular weight excluding hydrogens is 220 g/mol. The maximum Gasteiger partial charge on any atom is 0.287 e. The van der Waals surface area contributed by atoms with E-state index in [9.17, 15) is 10.1 Å². The van der Waals surface area contributed by atoms with E-state index in [4.69, 9.17) is 0 Å².